The van der Waals surface area contributed by atoms with Crippen LogP contribution in [0.3, 0.4) is 0 Å². The Morgan fingerprint density at radius 2 is 1.15 bits per heavy atom. The lowest BCUT2D eigenvalue weighted by molar-refractivity contribution is -0.138. The SMILES string of the molecule is COC(=O)N[C@H](C(=O)N1[C@@H]2C[C@@H]2C[C@H]1c1nc(-c2cccc3c(-c4ccc(-c5c[nH]c([C@@H]6C[C@H]7C[C@H]7N6C(=O)[C@@H](NC(=O)O)C6CCOCC6)n5)cc4)cccc23)c[nH]1)C1CCOCC1. The summed E-state index contributed by atoms with van der Waals surface area (Å²) in [4.78, 5) is 73.6. The minimum Gasteiger partial charge on any atom is -0.465 e. The number of piperidine rings is 2. The number of fused-ring (bicyclic) bond motifs is 3. The molecule has 8 atom stereocenters. The maximum Gasteiger partial charge on any atom is 0.407 e. The summed E-state index contributed by atoms with van der Waals surface area (Å²) in [6.45, 7) is 2.15. The number of nitrogens with zero attached hydrogens (tertiary/aromatic N) is 4. The summed E-state index contributed by atoms with van der Waals surface area (Å²) in [5.74, 6) is 1.87. The maximum absolute atomic E-state index is 14.4. The van der Waals surface area contributed by atoms with E-state index in [1.807, 2.05) is 22.2 Å². The van der Waals surface area contributed by atoms with Crippen molar-refractivity contribution in [3.8, 4) is 33.6 Å². The van der Waals surface area contributed by atoms with E-state index in [9.17, 15) is 24.3 Å². The lowest BCUT2D eigenvalue weighted by Gasteiger charge is -2.35. The van der Waals surface area contributed by atoms with Crippen molar-refractivity contribution in [2.75, 3.05) is 33.5 Å². The Balaban J connectivity index is 0.816. The Kier molecular flexibility index (Phi) is 10.8. The van der Waals surface area contributed by atoms with Crippen molar-refractivity contribution >= 4 is 34.8 Å². The lowest BCUT2D eigenvalue weighted by atomic mass is 9.90. The molecule has 338 valence electrons. The molecule has 6 heterocycles. The van der Waals surface area contributed by atoms with Crippen LogP contribution >= 0.6 is 0 Å². The van der Waals surface area contributed by atoms with Gasteiger partial charge >= 0.3 is 12.2 Å². The first-order valence-corrected chi connectivity index (χ1v) is 23.1. The van der Waals surface area contributed by atoms with Gasteiger partial charge in [-0.25, -0.2) is 19.6 Å². The summed E-state index contributed by atoms with van der Waals surface area (Å²) in [5.41, 5.74) is 5.62. The zero-order valence-corrected chi connectivity index (χ0v) is 36.3. The van der Waals surface area contributed by atoms with E-state index in [1.165, 1.54) is 7.11 Å². The first kappa shape index (κ1) is 41.4. The quantitative estimate of drug-likeness (QED) is 0.0936. The number of hydrogen-bond donors (Lipinski definition) is 5. The number of benzene rings is 3. The predicted molar refractivity (Wildman–Crippen MR) is 238 cm³/mol. The standard InChI is InChI=1S/C49H54N8O8/c1-63-49(62)55-43(29-14-18-65-19-15-29)47(59)57-39-21-31(39)23-41(57)45-51-25-37(53-45)35-7-3-5-33-32(4-2-6-34(33)35)26-8-10-27(11-9-26)36-24-50-44(52-36)40-22-30-20-38(30)56(40)46(58)42(54-48(60)61)28-12-16-64-17-13-28/h2-11,24-25,28-31,38-43,54H,12-23H2,1H3,(H,50,52)(H,51,53)(H,55,62)(H,60,61)/t30-,31-,38-,39-,40+,41+,42+,43+/m1/s1. The van der Waals surface area contributed by atoms with Gasteiger partial charge in [-0.3, -0.25) is 9.59 Å². The molecule has 65 heavy (non-hydrogen) atoms. The van der Waals surface area contributed by atoms with E-state index in [4.69, 9.17) is 24.2 Å². The van der Waals surface area contributed by atoms with Crippen LogP contribution in [0.25, 0.3) is 44.4 Å². The molecule has 0 bridgehead atoms. The van der Waals surface area contributed by atoms with E-state index in [0.717, 1.165) is 75.9 Å². The summed E-state index contributed by atoms with van der Waals surface area (Å²) in [5, 5.41) is 17.2. The molecule has 6 fully saturated rings. The highest BCUT2D eigenvalue weighted by molar-refractivity contribution is 6.04. The fourth-order valence-electron chi connectivity index (χ4n) is 11.4. The van der Waals surface area contributed by atoms with Gasteiger partial charge in [-0.05, 0) is 96.9 Å². The van der Waals surface area contributed by atoms with Crippen molar-refractivity contribution in [1.82, 2.24) is 40.4 Å². The van der Waals surface area contributed by atoms with Gasteiger partial charge in [0, 0.05) is 62.0 Å². The molecule has 2 aromatic heterocycles. The highest BCUT2D eigenvalue weighted by atomic mass is 16.5. The largest absolute Gasteiger partial charge is 0.465 e. The fraction of sp³-hybridized carbons (Fsp3) is 0.469. The summed E-state index contributed by atoms with van der Waals surface area (Å²) in [7, 11) is 1.32. The number of aromatic nitrogens is 4. The summed E-state index contributed by atoms with van der Waals surface area (Å²) in [6.07, 6.45) is 8.18. The van der Waals surface area contributed by atoms with Gasteiger partial charge < -0.3 is 49.7 Å². The van der Waals surface area contributed by atoms with Crippen LogP contribution in [0.5, 0.6) is 0 Å². The Hall–Kier alpha value is -6.26. The molecule has 0 unspecified atom stereocenters. The highest BCUT2D eigenvalue weighted by Crippen LogP contribution is 2.55. The molecule has 2 aliphatic carbocycles. The van der Waals surface area contributed by atoms with E-state index in [-0.39, 0.29) is 47.8 Å². The third-order valence-electron chi connectivity index (χ3n) is 15.0. The van der Waals surface area contributed by atoms with Gasteiger partial charge in [-0.15, -0.1) is 0 Å². The molecular formula is C49H54N8O8. The number of H-pyrrole nitrogens is 2. The van der Waals surface area contributed by atoms with E-state index >= 15 is 0 Å². The molecule has 4 saturated heterocycles. The van der Waals surface area contributed by atoms with Crippen LogP contribution in [0.1, 0.15) is 75.1 Å². The van der Waals surface area contributed by atoms with Crippen molar-refractivity contribution in [2.45, 2.75) is 87.6 Å². The van der Waals surface area contributed by atoms with Crippen molar-refractivity contribution in [3.63, 3.8) is 0 Å². The van der Waals surface area contributed by atoms with Gasteiger partial charge in [-0.2, -0.15) is 0 Å². The molecule has 0 radical (unpaired) electrons. The van der Waals surface area contributed by atoms with E-state index < -0.39 is 24.3 Å². The Morgan fingerprint density at radius 1 is 0.662 bits per heavy atom. The number of alkyl carbamates (subject to hydrolysis) is 1. The predicted octanol–water partition coefficient (Wildman–Crippen LogP) is 6.82. The van der Waals surface area contributed by atoms with Crippen LogP contribution in [0.15, 0.2) is 73.1 Å². The zero-order chi connectivity index (χ0) is 44.3. The molecule has 11 rings (SSSR count). The van der Waals surface area contributed by atoms with Gasteiger partial charge in [0.2, 0.25) is 11.8 Å². The number of rotatable bonds is 11. The fourth-order valence-corrected chi connectivity index (χ4v) is 11.4. The van der Waals surface area contributed by atoms with Gasteiger partial charge in [0.25, 0.3) is 0 Å². The van der Waals surface area contributed by atoms with E-state index in [0.29, 0.717) is 69.8 Å². The number of hydrogen-bond acceptors (Lipinski definition) is 9. The third-order valence-corrected chi connectivity index (χ3v) is 15.0. The molecule has 16 heteroatoms. The monoisotopic (exact) mass is 882 g/mol. The number of aromatic amines is 2. The van der Waals surface area contributed by atoms with Crippen molar-refractivity contribution < 1.29 is 38.5 Å². The smallest absolute Gasteiger partial charge is 0.407 e. The van der Waals surface area contributed by atoms with Crippen LogP contribution in [-0.4, -0.2) is 117 Å². The lowest BCUT2D eigenvalue weighted by Crippen LogP contribution is -2.54. The van der Waals surface area contributed by atoms with Crippen LogP contribution in [-0.2, 0) is 23.8 Å². The molecule has 0 spiro atoms. The summed E-state index contributed by atoms with van der Waals surface area (Å²) < 4.78 is 16.0. The second-order valence-corrected chi connectivity index (χ2v) is 18.7. The van der Waals surface area contributed by atoms with Crippen LogP contribution < -0.4 is 10.6 Å². The number of amides is 4. The second kappa shape index (κ2) is 16.9. The first-order valence-electron chi connectivity index (χ1n) is 23.1. The second-order valence-electron chi connectivity index (χ2n) is 18.7. The average molecular weight is 883 g/mol. The molecule has 5 N–H and O–H groups in total. The Labute approximate surface area is 375 Å². The normalized spacial score (nSPS) is 26.0. The highest BCUT2D eigenvalue weighted by Gasteiger charge is 2.58. The number of carbonyl (C=O) groups excluding carboxylic acids is 3. The van der Waals surface area contributed by atoms with Crippen molar-refractivity contribution in [1.29, 1.82) is 0 Å². The number of imidazole rings is 2. The molecule has 4 aliphatic heterocycles. The number of methoxy groups -OCH3 is 1. The summed E-state index contributed by atoms with van der Waals surface area (Å²) in [6, 6.07) is 19.2. The molecule has 5 aromatic rings. The number of carboxylic acid groups (broad SMARTS) is 1. The number of ether oxygens (including phenoxy) is 3. The average Bonchev–Trinajstić information content (AvgIpc) is 3.92. The molecule has 16 nitrogen and oxygen atoms in total. The van der Waals surface area contributed by atoms with E-state index in [2.05, 4.69) is 81.3 Å². The number of carbonyl (C=O) groups is 4. The van der Waals surface area contributed by atoms with Crippen LogP contribution in [0.4, 0.5) is 9.59 Å². The molecule has 2 saturated carbocycles. The topological polar surface area (TPSA) is 204 Å². The third kappa shape index (κ3) is 7.79. The van der Waals surface area contributed by atoms with Gasteiger partial charge in [0.05, 0.1) is 30.6 Å². The molecular weight excluding hydrogens is 829 g/mol. The van der Waals surface area contributed by atoms with Crippen LogP contribution in [0, 0.1) is 23.7 Å². The van der Waals surface area contributed by atoms with Crippen molar-refractivity contribution in [2.24, 2.45) is 23.7 Å². The van der Waals surface area contributed by atoms with Gasteiger partial charge in [0.1, 0.15) is 23.7 Å². The molecule has 3 aromatic carbocycles. The van der Waals surface area contributed by atoms with Crippen LogP contribution in [0.2, 0.25) is 0 Å². The zero-order valence-electron chi connectivity index (χ0n) is 36.3. The molecule has 4 amide bonds. The minimum atomic E-state index is -1.19. The number of nitrogens with one attached hydrogen (secondary N) is 4. The van der Waals surface area contributed by atoms with Crippen molar-refractivity contribution in [3.05, 3.63) is 84.7 Å². The van der Waals surface area contributed by atoms with E-state index in [1.54, 1.807) is 0 Å². The number of likely N-dealkylation sites (tertiary alicyclic amines) is 2. The van der Waals surface area contributed by atoms with Gasteiger partial charge in [0.15, 0.2) is 0 Å². The Morgan fingerprint density at radius 3 is 1.71 bits per heavy atom. The summed E-state index contributed by atoms with van der Waals surface area (Å²) >= 11 is 0. The van der Waals surface area contributed by atoms with Gasteiger partial charge in [-0.1, -0.05) is 60.7 Å². The first-order chi connectivity index (χ1) is 31.7. The minimum absolute atomic E-state index is 0.0370. The Bertz CT molecular complexity index is 2620. The maximum atomic E-state index is 14.4. The molecule has 6 aliphatic rings.